The quantitative estimate of drug-likeness (QED) is 0.865. The van der Waals surface area contributed by atoms with E-state index in [9.17, 15) is 4.79 Å². The van der Waals surface area contributed by atoms with Gasteiger partial charge in [0.2, 0.25) is 0 Å². The topological polar surface area (TPSA) is 60.0 Å². The summed E-state index contributed by atoms with van der Waals surface area (Å²) in [5, 5.41) is 3.01. The second-order valence-corrected chi connectivity index (χ2v) is 5.89. The third kappa shape index (κ3) is 4.28. The molecule has 1 aromatic rings. The number of nitrogens with one attached hydrogen (secondary N) is 1. The Bertz CT molecular complexity index is 548. The van der Waals surface area contributed by atoms with Gasteiger partial charge in [-0.05, 0) is 32.4 Å². The van der Waals surface area contributed by atoms with Crippen molar-refractivity contribution >= 4 is 5.91 Å². The second kappa shape index (κ2) is 8.06. The van der Waals surface area contributed by atoms with Gasteiger partial charge in [-0.25, -0.2) is 0 Å². The molecule has 1 amide bonds. The number of carbonyl (C=O) groups is 1. The minimum Gasteiger partial charge on any atom is -0.496 e. The summed E-state index contributed by atoms with van der Waals surface area (Å²) in [5.74, 6) is 1.85. The maximum Gasteiger partial charge on any atom is 0.255 e. The number of methoxy groups -OCH3 is 3. The molecule has 1 saturated heterocycles. The number of hydrogen-bond donors (Lipinski definition) is 1. The molecule has 6 nitrogen and oxygen atoms in total. The van der Waals surface area contributed by atoms with Gasteiger partial charge in [-0.1, -0.05) is 0 Å². The second-order valence-electron chi connectivity index (χ2n) is 5.89. The Morgan fingerprint density at radius 1 is 1.17 bits per heavy atom. The van der Waals surface area contributed by atoms with Gasteiger partial charge >= 0.3 is 0 Å². The van der Waals surface area contributed by atoms with Crippen LogP contribution in [0.1, 0.15) is 23.2 Å². The molecule has 1 heterocycles. The van der Waals surface area contributed by atoms with E-state index in [1.54, 1.807) is 26.4 Å². The van der Waals surface area contributed by atoms with Gasteiger partial charge in [0, 0.05) is 25.2 Å². The van der Waals surface area contributed by atoms with Crippen molar-refractivity contribution in [1.29, 1.82) is 0 Å². The maximum absolute atomic E-state index is 12.5. The zero-order valence-corrected chi connectivity index (χ0v) is 14.3. The lowest BCUT2D eigenvalue weighted by Gasteiger charge is -2.29. The number of benzene rings is 1. The molecule has 1 aliphatic heterocycles. The molecular weight excluding hydrogens is 296 g/mol. The molecule has 23 heavy (non-hydrogen) atoms. The standard InChI is InChI=1S/C17H26N2O4/c1-19-7-5-6-12(11-19)10-18-17(20)13-8-15(22-3)16(23-4)9-14(13)21-2/h8-9,12H,5-7,10-11H2,1-4H3,(H,18,20)/t12-/m1/s1. The molecule has 0 radical (unpaired) electrons. The number of amides is 1. The van der Waals surface area contributed by atoms with Crippen LogP contribution in [0.4, 0.5) is 0 Å². The Morgan fingerprint density at radius 2 is 1.83 bits per heavy atom. The van der Waals surface area contributed by atoms with Gasteiger partial charge in [-0.3, -0.25) is 4.79 Å². The first-order valence-electron chi connectivity index (χ1n) is 7.85. The van der Waals surface area contributed by atoms with E-state index in [2.05, 4.69) is 17.3 Å². The summed E-state index contributed by atoms with van der Waals surface area (Å²) in [6.45, 7) is 2.82. The first kappa shape index (κ1) is 17.4. The summed E-state index contributed by atoms with van der Waals surface area (Å²) in [7, 11) is 6.75. The fraction of sp³-hybridized carbons (Fsp3) is 0.588. The Balaban J connectivity index is 2.08. The summed E-state index contributed by atoms with van der Waals surface area (Å²) in [5.41, 5.74) is 0.453. The molecule has 0 bridgehead atoms. The van der Waals surface area contributed by atoms with Gasteiger partial charge in [0.15, 0.2) is 11.5 Å². The van der Waals surface area contributed by atoms with Crippen molar-refractivity contribution in [2.45, 2.75) is 12.8 Å². The summed E-state index contributed by atoms with van der Waals surface area (Å²) >= 11 is 0. The molecule has 1 aromatic carbocycles. The highest BCUT2D eigenvalue weighted by atomic mass is 16.5. The molecule has 1 N–H and O–H groups in total. The van der Waals surface area contributed by atoms with Gasteiger partial charge in [0.1, 0.15) is 5.75 Å². The lowest BCUT2D eigenvalue weighted by Crippen LogP contribution is -2.39. The highest BCUT2D eigenvalue weighted by Crippen LogP contribution is 2.34. The van der Waals surface area contributed by atoms with E-state index in [1.807, 2.05) is 0 Å². The molecule has 2 rings (SSSR count). The van der Waals surface area contributed by atoms with Crippen molar-refractivity contribution in [3.8, 4) is 17.2 Å². The van der Waals surface area contributed by atoms with E-state index in [0.717, 1.165) is 19.5 Å². The molecule has 128 valence electrons. The largest absolute Gasteiger partial charge is 0.496 e. The highest BCUT2D eigenvalue weighted by molar-refractivity contribution is 5.97. The van der Waals surface area contributed by atoms with Gasteiger partial charge in [0.25, 0.3) is 5.91 Å². The number of rotatable bonds is 6. The van der Waals surface area contributed by atoms with E-state index >= 15 is 0 Å². The van der Waals surface area contributed by atoms with E-state index < -0.39 is 0 Å². The van der Waals surface area contributed by atoms with Crippen LogP contribution < -0.4 is 19.5 Å². The van der Waals surface area contributed by atoms with Crippen LogP contribution >= 0.6 is 0 Å². The summed E-state index contributed by atoms with van der Waals surface area (Å²) in [4.78, 5) is 14.8. The van der Waals surface area contributed by atoms with Crippen LogP contribution in [0.2, 0.25) is 0 Å². The number of carbonyl (C=O) groups excluding carboxylic acids is 1. The van der Waals surface area contributed by atoms with Crippen LogP contribution in [-0.2, 0) is 0 Å². The van der Waals surface area contributed by atoms with E-state index in [0.29, 0.717) is 35.3 Å². The summed E-state index contributed by atoms with van der Waals surface area (Å²) in [6, 6.07) is 3.32. The summed E-state index contributed by atoms with van der Waals surface area (Å²) < 4.78 is 15.8. The lowest BCUT2D eigenvalue weighted by atomic mass is 9.98. The van der Waals surface area contributed by atoms with Crippen LogP contribution in [0.25, 0.3) is 0 Å². The van der Waals surface area contributed by atoms with Crippen LogP contribution in [0.5, 0.6) is 17.2 Å². The number of nitrogens with zero attached hydrogens (tertiary/aromatic N) is 1. The monoisotopic (exact) mass is 322 g/mol. The molecule has 0 aliphatic carbocycles. The molecule has 1 aliphatic rings. The van der Waals surface area contributed by atoms with Gasteiger partial charge < -0.3 is 24.4 Å². The maximum atomic E-state index is 12.5. The van der Waals surface area contributed by atoms with Crippen LogP contribution in [0.15, 0.2) is 12.1 Å². The molecule has 1 fully saturated rings. The molecule has 1 atom stereocenters. The molecule has 0 unspecified atom stereocenters. The van der Waals surface area contributed by atoms with Crippen molar-refractivity contribution in [3.05, 3.63) is 17.7 Å². The van der Waals surface area contributed by atoms with E-state index in [-0.39, 0.29) is 5.91 Å². The van der Waals surface area contributed by atoms with Crippen molar-refractivity contribution < 1.29 is 19.0 Å². The fourth-order valence-corrected chi connectivity index (χ4v) is 2.98. The Labute approximate surface area is 137 Å². The first-order valence-corrected chi connectivity index (χ1v) is 7.85. The van der Waals surface area contributed by atoms with Crippen LogP contribution in [0, 0.1) is 5.92 Å². The number of piperidine rings is 1. The third-order valence-electron chi connectivity index (χ3n) is 4.22. The van der Waals surface area contributed by atoms with E-state index in [1.165, 1.54) is 13.5 Å². The smallest absolute Gasteiger partial charge is 0.255 e. The minimum atomic E-state index is -0.156. The Morgan fingerprint density at radius 3 is 2.43 bits per heavy atom. The Hall–Kier alpha value is -1.95. The molecule has 6 heteroatoms. The fourth-order valence-electron chi connectivity index (χ4n) is 2.98. The third-order valence-corrected chi connectivity index (χ3v) is 4.22. The van der Waals surface area contributed by atoms with Gasteiger partial charge in [-0.15, -0.1) is 0 Å². The van der Waals surface area contributed by atoms with Crippen molar-refractivity contribution in [2.24, 2.45) is 5.92 Å². The minimum absolute atomic E-state index is 0.156. The number of likely N-dealkylation sites (tertiary alicyclic amines) is 1. The van der Waals surface area contributed by atoms with Gasteiger partial charge in [0.05, 0.1) is 26.9 Å². The van der Waals surface area contributed by atoms with Crippen molar-refractivity contribution in [1.82, 2.24) is 10.2 Å². The summed E-state index contributed by atoms with van der Waals surface area (Å²) in [6.07, 6.45) is 2.32. The van der Waals surface area contributed by atoms with Crippen LogP contribution in [0.3, 0.4) is 0 Å². The van der Waals surface area contributed by atoms with Crippen molar-refractivity contribution in [3.63, 3.8) is 0 Å². The molecule has 0 aromatic heterocycles. The average molecular weight is 322 g/mol. The molecule has 0 spiro atoms. The molecule has 0 saturated carbocycles. The zero-order chi connectivity index (χ0) is 16.8. The zero-order valence-electron chi connectivity index (χ0n) is 14.3. The predicted octanol–water partition coefficient (Wildman–Crippen LogP) is 1.78. The first-order chi connectivity index (χ1) is 11.1. The average Bonchev–Trinajstić information content (AvgIpc) is 2.58. The lowest BCUT2D eigenvalue weighted by molar-refractivity contribution is 0.0933. The SMILES string of the molecule is COc1cc(OC)c(C(=O)NC[C@H]2CCCN(C)C2)cc1OC. The van der Waals surface area contributed by atoms with E-state index in [4.69, 9.17) is 14.2 Å². The highest BCUT2D eigenvalue weighted by Gasteiger charge is 2.21. The number of ether oxygens (including phenoxy) is 3. The predicted molar refractivity (Wildman–Crippen MR) is 88.7 cm³/mol. The molecular formula is C17H26N2O4. The van der Waals surface area contributed by atoms with Gasteiger partial charge in [-0.2, -0.15) is 0 Å². The van der Waals surface area contributed by atoms with Crippen molar-refractivity contribution in [2.75, 3.05) is 48.0 Å². The Kier molecular flexibility index (Phi) is 6.10. The van der Waals surface area contributed by atoms with Crippen LogP contribution in [-0.4, -0.2) is 58.8 Å². The normalized spacial score (nSPS) is 18.3. The number of hydrogen-bond acceptors (Lipinski definition) is 5.